The van der Waals surface area contributed by atoms with Gasteiger partial charge in [0.2, 0.25) is 21.8 Å². The SMILES string of the molecule is COc1ccc(S(=O)(=O)N(CC(C)C)C[C@H](O)[C@H](Cc2ccccc2)NC(=O)[C@H](C(C)C)N2CC(=O)N(CC(=O)NCC(C)C)C2=O)cc1. The Bertz CT molecular complexity index is 1530. The van der Waals surface area contributed by atoms with Crippen LogP contribution in [0.1, 0.15) is 47.1 Å². The number of amides is 5. The molecule has 0 spiro atoms. The Morgan fingerprint density at radius 3 is 2.12 bits per heavy atom. The van der Waals surface area contributed by atoms with Gasteiger partial charge in [0.15, 0.2) is 0 Å². The van der Waals surface area contributed by atoms with Gasteiger partial charge in [-0.2, -0.15) is 4.31 Å². The lowest BCUT2D eigenvalue weighted by Gasteiger charge is -2.34. The van der Waals surface area contributed by atoms with E-state index in [2.05, 4.69) is 10.6 Å². The van der Waals surface area contributed by atoms with Crippen LogP contribution in [0.5, 0.6) is 5.75 Å². The van der Waals surface area contributed by atoms with E-state index < -0.39 is 64.4 Å². The number of hydrogen-bond donors (Lipinski definition) is 3. The van der Waals surface area contributed by atoms with Crippen LogP contribution in [-0.4, -0.2) is 109 Å². The monoisotopic (exact) mass is 701 g/mol. The van der Waals surface area contributed by atoms with Gasteiger partial charge in [0.05, 0.1) is 24.2 Å². The number of ether oxygens (including phenoxy) is 1. The van der Waals surface area contributed by atoms with Gasteiger partial charge < -0.3 is 25.4 Å². The quantitative estimate of drug-likeness (QED) is 0.200. The van der Waals surface area contributed by atoms with Crippen LogP contribution in [0.15, 0.2) is 59.5 Å². The number of carbonyl (C=O) groups excluding carboxylic acids is 4. The number of sulfonamides is 1. The summed E-state index contributed by atoms with van der Waals surface area (Å²) < 4.78 is 34.0. The second-order valence-corrected chi connectivity index (χ2v) is 15.5. The number of carbonyl (C=O) groups is 4. The van der Waals surface area contributed by atoms with Gasteiger partial charge in [-0.25, -0.2) is 13.2 Å². The van der Waals surface area contributed by atoms with Gasteiger partial charge in [-0.15, -0.1) is 0 Å². The number of nitrogens with zero attached hydrogens (tertiary/aromatic N) is 3. The fourth-order valence-electron chi connectivity index (χ4n) is 5.59. The molecule has 270 valence electrons. The molecule has 2 aromatic carbocycles. The highest BCUT2D eigenvalue weighted by Crippen LogP contribution is 2.23. The first-order valence-electron chi connectivity index (χ1n) is 16.6. The molecule has 3 N–H and O–H groups in total. The molecule has 1 fully saturated rings. The van der Waals surface area contributed by atoms with Crippen molar-refractivity contribution in [1.82, 2.24) is 24.7 Å². The van der Waals surface area contributed by atoms with Crippen molar-refractivity contribution in [1.29, 1.82) is 0 Å². The van der Waals surface area contributed by atoms with Crippen molar-refractivity contribution in [2.75, 3.05) is 39.8 Å². The molecule has 0 aromatic heterocycles. The molecular weight excluding hydrogens is 650 g/mol. The number of aliphatic hydroxyl groups is 1. The number of imide groups is 1. The van der Waals surface area contributed by atoms with Crippen LogP contribution in [0.25, 0.3) is 0 Å². The molecular formula is C35H51N5O8S. The van der Waals surface area contributed by atoms with Crippen LogP contribution >= 0.6 is 0 Å². The average molecular weight is 702 g/mol. The summed E-state index contributed by atoms with van der Waals surface area (Å²) in [5.74, 6) is -1.55. The first-order valence-corrected chi connectivity index (χ1v) is 18.0. The molecule has 1 aliphatic heterocycles. The Balaban J connectivity index is 1.88. The molecule has 13 nitrogen and oxygen atoms in total. The number of nitrogens with one attached hydrogen (secondary N) is 2. The summed E-state index contributed by atoms with van der Waals surface area (Å²) in [5.41, 5.74) is 0.785. The van der Waals surface area contributed by atoms with Crippen molar-refractivity contribution in [3.05, 3.63) is 60.2 Å². The van der Waals surface area contributed by atoms with Gasteiger partial charge in [0.1, 0.15) is 24.9 Å². The van der Waals surface area contributed by atoms with E-state index in [1.165, 1.54) is 23.5 Å². The molecule has 0 saturated carbocycles. The van der Waals surface area contributed by atoms with E-state index in [-0.39, 0.29) is 42.8 Å². The second kappa shape index (κ2) is 17.6. The molecule has 0 radical (unpaired) electrons. The predicted molar refractivity (Wildman–Crippen MR) is 185 cm³/mol. The van der Waals surface area contributed by atoms with Crippen molar-refractivity contribution in [3.63, 3.8) is 0 Å². The van der Waals surface area contributed by atoms with Gasteiger partial charge in [0, 0.05) is 19.6 Å². The zero-order valence-corrected chi connectivity index (χ0v) is 30.3. The minimum atomic E-state index is -4.06. The predicted octanol–water partition coefficient (Wildman–Crippen LogP) is 2.49. The third-order valence-electron chi connectivity index (χ3n) is 8.08. The van der Waals surface area contributed by atoms with Crippen LogP contribution in [-0.2, 0) is 30.8 Å². The molecule has 5 amide bonds. The number of hydrogen-bond acceptors (Lipinski definition) is 8. The summed E-state index contributed by atoms with van der Waals surface area (Å²) >= 11 is 0. The zero-order valence-electron chi connectivity index (χ0n) is 29.5. The van der Waals surface area contributed by atoms with Crippen LogP contribution in [0, 0.1) is 17.8 Å². The highest BCUT2D eigenvalue weighted by atomic mass is 32.2. The lowest BCUT2D eigenvalue weighted by molar-refractivity contribution is -0.131. The molecule has 1 heterocycles. The Labute approximate surface area is 290 Å². The molecule has 3 rings (SSSR count). The largest absolute Gasteiger partial charge is 0.497 e. The molecule has 1 aliphatic rings. The molecule has 0 unspecified atom stereocenters. The molecule has 49 heavy (non-hydrogen) atoms. The van der Waals surface area contributed by atoms with Crippen molar-refractivity contribution in [2.45, 2.75) is 71.0 Å². The molecule has 0 bridgehead atoms. The van der Waals surface area contributed by atoms with E-state index in [9.17, 15) is 32.7 Å². The first kappa shape index (κ1) is 39.4. The molecule has 2 aromatic rings. The van der Waals surface area contributed by atoms with Gasteiger partial charge in [-0.3, -0.25) is 19.3 Å². The van der Waals surface area contributed by atoms with Gasteiger partial charge in [-0.05, 0) is 54.0 Å². The lowest BCUT2D eigenvalue weighted by Crippen LogP contribution is -2.57. The third-order valence-corrected chi connectivity index (χ3v) is 9.92. The normalized spacial score (nSPS) is 15.7. The van der Waals surface area contributed by atoms with Crippen LogP contribution in [0.3, 0.4) is 0 Å². The summed E-state index contributed by atoms with van der Waals surface area (Å²) in [5, 5.41) is 17.3. The smallest absolute Gasteiger partial charge is 0.328 e. The highest BCUT2D eigenvalue weighted by molar-refractivity contribution is 7.89. The topological polar surface area (TPSA) is 166 Å². The van der Waals surface area contributed by atoms with Crippen LogP contribution in [0.2, 0.25) is 0 Å². The summed E-state index contributed by atoms with van der Waals surface area (Å²) in [6.45, 7) is 10.4. The van der Waals surface area contributed by atoms with Crippen LogP contribution < -0.4 is 15.4 Å². The van der Waals surface area contributed by atoms with E-state index in [1.54, 1.807) is 26.0 Å². The summed E-state index contributed by atoms with van der Waals surface area (Å²) in [6.07, 6.45) is -1.20. The highest BCUT2D eigenvalue weighted by Gasteiger charge is 2.45. The summed E-state index contributed by atoms with van der Waals surface area (Å²) in [6, 6.07) is 12.3. The fourth-order valence-corrected chi connectivity index (χ4v) is 7.21. The van der Waals surface area contributed by atoms with E-state index in [0.717, 1.165) is 15.4 Å². The van der Waals surface area contributed by atoms with Crippen LogP contribution in [0.4, 0.5) is 4.79 Å². The number of methoxy groups -OCH3 is 1. The zero-order chi connectivity index (χ0) is 36.5. The average Bonchev–Trinajstić information content (AvgIpc) is 3.31. The maximum atomic E-state index is 14.0. The summed E-state index contributed by atoms with van der Waals surface area (Å²) in [7, 11) is -2.57. The maximum Gasteiger partial charge on any atom is 0.328 e. The number of aliphatic hydroxyl groups excluding tert-OH is 1. The Morgan fingerprint density at radius 1 is 0.939 bits per heavy atom. The van der Waals surface area contributed by atoms with E-state index >= 15 is 0 Å². The molecule has 14 heteroatoms. The molecule has 1 saturated heterocycles. The van der Waals surface area contributed by atoms with Gasteiger partial charge >= 0.3 is 6.03 Å². The lowest BCUT2D eigenvalue weighted by atomic mass is 9.97. The van der Waals surface area contributed by atoms with E-state index in [4.69, 9.17) is 4.74 Å². The molecule has 3 atom stereocenters. The minimum Gasteiger partial charge on any atom is -0.497 e. The molecule has 0 aliphatic carbocycles. The summed E-state index contributed by atoms with van der Waals surface area (Å²) in [4.78, 5) is 54.8. The third kappa shape index (κ3) is 10.7. The Hall–Kier alpha value is -4.01. The number of rotatable bonds is 18. The van der Waals surface area contributed by atoms with E-state index in [0.29, 0.717) is 12.3 Å². The van der Waals surface area contributed by atoms with Crippen molar-refractivity contribution < 1.29 is 37.4 Å². The Morgan fingerprint density at radius 2 is 1.57 bits per heavy atom. The maximum absolute atomic E-state index is 14.0. The number of urea groups is 1. The first-order chi connectivity index (χ1) is 23.0. The standard InChI is InChI=1S/C35H51N5O8S/c1-23(2)18-36-31(42)21-39-32(43)22-40(35(39)45)33(25(5)6)34(44)37-29(17-26-11-9-8-10-12-26)30(41)20-38(19-24(3)4)49(46,47)28-15-13-27(48-7)14-16-28/h8-16,23-25,29-30,33,41H,17-22H2,1-7H3,(H,36,42)(H,37,44)/t29-,30-,33-/m0/s1. The Kier molecular flexibility index (Phi) is 14.2. The van der Waals surface area contributed by atoms with Gasteiger partial charge in [-0.1, -0.05) is 71.9 Å². The van der Waals surface area contributed by atoms with Crippen molar-refractivity contribution in [2.24, 2.45) is 17.8 Å². The second-order valence-electron chi connectivity index (χ2n) is 13.5. The fraction of sp³-hybridized carbons (Fsp3) is 0.543. The van der Waals surface area contributed by atoms with Crippen molar-refractivity contribution in [3.8, 4) is 5.75 Å². The van der Waals surface area contributed by atoms with E-state index in [1.807, 2.05) is 58.0 Å². The van der Waals surface area contributed by atoms with Crippen molar-refractivity contribution >= 4 is 33.8 Å². The minimum absolute atomic E-state index is 0.0318. The van der Waals surface area contributed by atoms with Gasteiger partial charge in [0.25, 0.3) is 5.91 Å². The number of benzene rings is 2.